The van der Waals surface area contributed by atoms with E-state index in [9.17, 15) is 8.42 Å². The van der Waals surface area contributed by atoms with E-state index in [0.717, 1.165) is 16.5 Å². The number of para-hydroxylation sites is 1. The number of benzene rings is 4. The molecule has 0 fully saturated rings. The zero-order chi connectivity index (χ0) is 25.3. The van der Waals surface area contributed by atoms with E-state index in [4.69, 9.17) is 0 Å². The number of nitrogens with zero attached hydrogens (tertiary/aromatic N) is 1. The summed E-state index contributed by atoms with van der Waals surface area (Å²) in [5.41, 5.74) is 1.79. The van der Waals surface area contributed by atoms with Crippen LogP contribution in [0.5, 0.6) is 0 Å². The number of fused-ring (bicyclic) bond motifs is 1. The summed E-state index contributed by atoms with van der Waals surface area (Å²) >= 11 is 0. The minimum atomic E-state index is -3.95. The number of nitrogens with one attached hydrogen (secondary N) is 1. The van der Waals surface area contributed by atoms with Crippen molar-refractivity contribution in [1.82, 2.24) is 4.57 Å². The molecule has 5 rings (SSSR count). The van der Waals surface area contributed by atoms with Crippen molar-refractivity contribution >= 4 is 49.8 Å². The molecule has 182 valence electrons. The first-order chi connectivity index (χ1) is 17.4. The van der Waals surface area contributed by atoms with Crippen molar-refractivity contribution in [3.63, 3.8) is 0 Å². The molecule has 0 saturated heterocycles. The smallest absolute Gasteiger partial charge is 0.263 e. The fourth-order valence-electron chi connectivity index (χ4n) is 4.62. The Balaban J connectivity index is 1.85. The number of sulfonamides is 1. The second-order valence-corrected chi connectivity index (χ2v) is 13.0. The molecule has 0 aliphatic rings. The fourth-order valence-corrected chi connectivity index (χ4v) is 8.78. The molecule has 0 saturated carbocycles. The zero-order valence-corrected chi connectivity index (χ0v) is 21.8. The van der Waals surface area contributed by atoms with Gasteiger partial charge in [-0.25, -0.2) is 8.42 Å². The van der Waals surface area contributed by atoms with Gasteiger partial charge in [-0.3, -0.25) is 4.72 Å². The van der Waals surface area contributed by atoms with Gasteiger partial charge in [0.15, 0.2) is 7.14 Å². The summed E-state index contributed by atoms with van der Waals surface area (Å²) < 4.78 is 47.3. The predicted octanol–water partition coefficient (Wildman–Crippen LogP) is 5.41. The van der Waals surface area contributed by atoms with Gasteiger partial charge in [0.2, 0.25) is 0 Å². The van der Waals surface area contributed by atoms with Crippen molar-refractivity contribution in [3.05, 3.63) is 115 Å². The molecule has 4 aromatic carbocycles. The SMILES string of the molecule is CCn1c(NS(=O)(=O)c2ccc(C)cc2)c(P(=O)(c2ccccc2)c2ccccc2)c2ccccc21. The van der Waals surface area contributed by atoms with Gasteiger partial charge in [0.05, 0.1) is 15.7 Å². The van der Waals surface area contributed by atoms with Gasteiger partial charge >= 0.3 is 0 Å². The number of aromatic nitrogens is 1. The molecule has 7 heteroatoms. The molecule has 0 bridgehead atoms. The second-order valence-electron chi connectivity index (χ2n) is 8.66. The molecule has 1 aromatic heterocycles. The van der Waals surface area contributed by atoms with E-state index < -0.39 is 17.2 Å². The van der Waals surface area contributed by atoms with Crippen LogP contribution in [-0.4, -0.2) is 13.0 Å². The van der Waals surface area contributed by atoms with Crippen molar-refractivity contribution in [2.24, 2.45) is 0 Å². The normalized spacial score (nSPS) is 12.1. The Bertz CT molecular complexity index is 1630. The minimum Gasteiger partial charge on any atom is -0.326 e. The Kier molecular flexibility index (Phi) is 6.33. The summed E-state index contributed by atoms with van der Waals surface area (Å²) in [5, 5.41) is 2.54. The maximum atomic E-state index is 15.4. The molecule has 1 N–H and O–H groups in total. The maximum Gasteiger partial charge on any atom is 0.263 e. The van der Waals surface area contributed by atoms with Crippen LogP contribution >= 0.6 is 7.14 Å². The van der Waals surface area contributed by atoms with Gasteiger partial charge in [-0.05, 0) is 32.0 Å². The number of hydrogen-bond donors (Lipinski definition) is 1. The minimum absolute atomic E-state index is 0.154. The molecule has 36 heavy (non-hydrogen) atoms. The van der Waals surface area contributed by atoms with Crippen molar-refractivity contribution < 1.29 is 13.0 Å². The van der Waals surface area contributed by atoms with Crippen molar-refractivity contribution in [2.45, 2.75) is 25.3 Å². The average Bonchev–Trinajstić information content (AvgIpc) is 3.22. The Morgan fingerprint density at radius 1 is 0.750 bits per heavy atom. The second kappa shape index (κ2) is 9.45. The topological polar surface area (TPSA) is 68.2 Å². The number of rotatable bonds is 7. The molecule has 0 aliphatic carbocycles. The van der Waals surface area contributed by atoms with Crippen LogP contribution < -0.4 is 20.6 Å². The largest absolute Gasteiger partial charge is 0.326 e. The Morgan fingerprint density at radius 2 is 1.28 bits per heavy atom. The first-order valence-corrected chi connectivity index (χ1v) is 15.0. The number of anilines is 1. The molecule has 5 nitrogen and oxygen atoms in total. The summed E-state index contributed by atoms with van der Waals surface area (Å²) in [6, 6.07) is 33.0. The van der Waals surface area contributed by atoms with Gasteiger partial charge in [0.1, 0.15) is 5.82 Å². The lowest BCUT2D eigenvalue weighted by molar-refractivity contribution is 0.592. The molecular formula is C29H27N2O3PS. The lowest BCUT2D eigenvalue weighted by Gasteiger charge is -2.22. The summed E-state index contributed by atoms with van der Waals surface area (Å²) in [5.74, 6) is 0.329. The molecule has 1 heterocycles. The lowest BCUT2D eigenvalue weighted by atomic mass is 10.2. The first kappa shape index (κ1) is 24.1. The van der Waals surface area contributed by atoms with E-state index in [1.165, 1.54) is 0 Å². The van der Waals surface area contributed by atoms with Crippen molar-refractivity contribution in [1.29, 1.82) is 0 Å². The van der Waals surface area contributed by atoms with E-state index in [-0.39, 0.29) is 4.90 Å². The Morgan fingerprint density at radius 3 is 1.83 bits per heavy atom. The van der Waals surface area contributed by atoms with Crippen LogP contribution in [0.2, 0.25) is 0 Å². The number of hydrogen-bond acceptors (Lipinski definition) is 3. The average molecular weight is 515 g/mol. The molecule has 0 aliphatic heterocycles. The van der Waals surface area contributed by atoms with Gasteiger partial charge in [-0.2, -0.15) is 0 Å². The Labute approximate surface area is 211 Å². The standard InChI is InChI=1S/C29H27N2O3PS/c1-3-31-27-17-11-10-16-26(27)28(29(31)30-36(33,34)25-20-18-22(2)19-21-25)35(32,23-12-6-4-7-13-23)24-14-8-5-9-15-24/h4-21,30H,3H2,1-2H3. The van der Waals surface area contributed by atoms with E-state index in [1.54, 1.807) is 24.3 Å². The molecular weight excluding hydrogens is 487 g/mol. The van der Waals surface area contributed by atoms with Gasteiger partial charge < -0.3 is 9.13 Å². The zero-order valence-electron chi connectivity index (χ0n) is 20.1. The summed E-state index contributed by atoms with van der Waals surface area (Å²) in [7, 11) is -7.43. The van der Waals surface area contributed by atoms with E-state index in [1.807, 2.05) is 103 Å². The third-order valence-electron chi connectivity index (χ3n) is 6.38. The van der Waals surface area contributed by atoms with Crippen LogP contribution in [0.1, 0.15) is 12.5 Å². The van der Waals surface area contributed by atoms with Crippen LogP contribution in [0.4, 0.5) is 5.82 Å². The van der Waals surface area contributed by atoms with Crippen LogP contribution in [0.15, 0.2) is 114 Å². The van der Waals surface area contributed by atoms with E-state index in [2.05, 4.69) is 4.72 Å². The van der Waals surface area contributed by atoms with Gasteiger partial charge in [0, 0.05) is 22.5 Å². The highest BCUT2D eigenvalue weighted by atomic mass is 32.2. The quantitative estimate of drug-likeness (QED) is 0.295. The highest BCUT2D eigenvalue weighted by Crippen LogP contribution is 2.48. The molecule has 0 radical (unpaired) electrons. The third-order valence-corrected chi connectivity index (χ3v) is 10.9. The summed E-state index contributed by atoms with van der Waals surface area (Å²) in [4.78, 5) is 0.154. The van der Waals surface area contributed by atoms with Gasteiger partial charge in [-0.15, -0.1) is 0 Å². The fraction of sp³-hybridized carbons (Fsp3) is 0.103. The van der Waals surface area contributed by atoms with E-state index in [0.29, 0.717) is 28.3 Å². The monoisotopic (exact) mass is 514 g/mol. The Hall–Kier alpha value is -3.60. The lowest BCUT2D eigenvalue weighted by Crippen LogP contribution is -2.28. The van der Waals surface area contributed by atoms with Crippen LogP contribution in [0.3, 0.4) is 0 Å². The van der Waals surface area contributed by atoms with E-state index >= 15 is 4.57 Å². The van der Waals surface area contributed by atoms with Crippen LogP contribution in [0, 0.1) is 6.92 Å². The highest BCUT2D eigenvalue weighted by molar-refractivity contribution is 7.93. The van der Waals surface area contributed by atoms with Gasteiger partial charge in [0.25, 0.3) is 10.0 Å². The van der Waals surface area contributed by atoms with Crippen LogP contribution in [0.25, 0.3) is 10.9 Å². The molecule has 5 aromatic rings. The summed E-state index contributed by atoms with van der Waals surface area (Å²) in [6.07, 6.45) is 0. The predicted molar refractivity (Wildman–Crippen MR) is 149 cm³/mol. The highest BCUT2D eigenvalue weighted by Gasteiger charge is 2.37. The van der Waals surface area contributed by atoms with Crippen molar-refractivity contribution in [3.8, 4) is 0 Å². The third kappa shape index (κ3) is 4.06. The molecule has 0 atom stereocenters. The first-order valence-electron chi connectivity index (χ1n) is 11.8. The maximum absolute atomic E-state index is 15.4. The van der Waals surface area contributed by atoms with Crippen LogP contribution in [-0.2, 0) is 21.1 Å². The molecule has 0 unspecified atom stereocenters. The number of aryl methyl sites for hydroxylation is 2. The summed E-state index contributed by atoms with van der Waals surface area (Å²) in [6.45, 7) is 4.36. The van der Waals surface area contributed by atoms with Crippen molar-refractivity contribution in [2.75, 3.05) is 4.72 Å². The molecule has 0 spiro atoms. The van der Waals surface area contributed by atoms with Gasteiger partial charge in [-0.1, -0.05) is 96.6 Å². The molecule has 0 amide bonds.